The lowest BCUT2D eigenvalue weighted by Crippen LogP contribution is -2.47. The fourth-order valence-electron chi connectivity index (χ4n) is 3.39. The van der Waals surface area contributed by atoms with E-state index in [-0.39, 0.29) is 11.9 Å². The fourth-order valence-corrected chi connectivity index (χ4v) is 4.22. The Kier molecular flexibility index (Phi) is 6.49. The third-order valence-electron chi connectivity index (χ3n) is 5.04. The molecule has 28 heavy (non-hydrogen) atoms. The number of hydrogen-bond acceptors (Lipinski definition) is 4. The summed E-state index contributed by atoms with van der Waals surface area (Å²) in [6.07, 6.45) is 1.25. The number of amides is 1. The van der Waals surface area contributed by atoms with Crippen LogP contribution in [0.2, 0.25) is 0 Å². The average molecular weight is 402 g/mol. The summed E-state index contributed by atoms with van der Waals surface area (Å²) >= 11 is 0. The molecule has 1 heterocycles. The molecule has 1 unspecified atom stereocenters. The molecule has 6 nitrogen and oxygen atoms in total. The van der Waals surface area contributed by atoms with E-state index in [4.69, 9.17) is 0 Å². The molecule has 1 saturated heterocycles. The zero-order valence-electron chi connectivity index (χ0n) is 16.3. The largest absolute Gasteiger partial charge is 0.346 e. The number of hydrogen-bond donors (Lipinski definition) is 1. The van der Waals surface area contributed by atoms with E-state index in [9.17, 15) is 13.2 Å². The summed E-state index contributed by atoms with van der Waals surface area (Å²) in [5.74, 6) is -0.0971. The van der Waals surface area contributed by atoms with Gasteiger partial charge in [0, 0.05) is 38.3 Å². The van der Waals surface area contributed by atoms with Crippen LogP contribution in [0, 0.1) is 0 Å². The lowest BCUT2D eigenvalue weighted by Gasteiger charge is -2.33. The first-order valence-electron chi connectivity index (χ1n) is 9.45. The van der Waals surface area contributed by atoms with Crippen LogP contribution in [0.25, 0.3) is 0 Å². The van der Waals surface area contributed by atoms with Crippen molar-refractivity contribution in [3.05, 3.63) is 71.3 Å². The van der Waals surface area contributed by atoms with Crippen molar-refractivity contribution >= 4 is 15.9 Å². The van der Waals surface area contributed by atoms with Crippen LogP contribution < -0.4 is 5.32 Å². The molecule has 1 amide bonds. The quantitative estimate of drug-likeness (QED) is 0.806. The highest BCUT2D eigenvalue weighted by atomic mass is 32.2. The highest BCUT2D eigenvalue weighted by Crippen LogP contribution is 2.15. The van der Waals surface area contributed by atoms with E-state index in [1.165, 1.54) is 10.6 Å². The van der Waals surface area contributed by atoms with Crippen molar-refractivity contribution in [1.29, 1.82) is 0 Å². The van der Waals surface area contributed by atoms with Gasteiger partial charge in [0.2, 0.25) is 10.0 Å². The summed E-state index contributed by atoms with van der Waals surface area (Å²) in [6, 6.07) is 17.4. The van der Waals surface area contributed by atoms with Gasteiger partial charge in [-0.15, -0.1) is 0 Å². The van der Waals surface area contributed by atoms with E-state index < -0.39 is 10.0 Å². The number of nitrogens with one attached hydrogen (secondary N) is 1. The van der Waals surface area contributed by atoms with Crippen LogP contribution in [-0.2, 0) is 16.6 Å². The van der Waals surface area contributed by atoms with Crippen molar-refractivity contribution in [2.45, 2.75) is 19.5 Å². The predicted octanol–water partition coefficient (Wildman–Crippen LogP) is 2.25. The molecular weight excluding hydrogens is 374 g/mol. The predicted molar refractivity (Wildman–Crippen MR) is 110 cm³/mol. The van der Waals surface area contributed by atoms with Gasteiger partial charge < -0.3 is 5.32 Å². The van der Waals surface area contributed by atoms with Gasteiger partial charge in [-0.3, -0.25) is 9.69 Å². The van der Waals surface area contributed by atoms with Crippen molar-refractivity contribution < 1.29 is 13.2 Å². The average Bonchev–Trinajstić information content (AvgIpc) is 2.68. The van der Waals surface area contributed by atoms with Crippen LogP contribution in [0.4, 0.5) is 0 Å². The number of sulfonamides is 1. The molecule has 3 rings (SSSR count). The van der Waals surface area contributed by atoms with Gasteiger partial charge in [0.1, 0.15) is 0 Å². The van der Waals surface area contributed by atoms with E-state index in [0.717, 1.165) is 11.1 Å². The van der Waals surface area contributed by atoms with E-state index in [1.54, 1.807) is 0 Å². The molecule has 0 radical (unpaired) electrons. The molecule has 7 heteroatoms. The van der Waals surface area contributed by atoms with Gasteiger partial charge in [-0.05, 0) is 30.2 Å². The van der Waals surface area contributed by atoms with E-state index in [2.05, 4.69) is 10.2 Å². The summed E-state index contributed by atoms with van der Waals surface area (Å²) < 4.78 is 24.8. The topological polar surface area (TPSA) is 69.7 Å². The Hall–Kier alpha value is -2.22. The zero-order chi connectivity index (χ0) is 20.1. The monoisotopic (exact) mass is 401 g/mol. The molecule has 0 aliphatic carbocycles. The molecule has 0 bridgehead atoms. The normalized spacial score (nSPS) is 17.2. The number of piperazine rings is 1. The lowest BCUT2D eigenvalue weighted by atomic mass is 10.1. The van der Waals surface area contributed by atoms with Crippen molar-refractivity contribution in [2.24, 2.45) is 0 Å². The number of rotatable bonds is 6. The van der Waals surface area contributed by atoms with E-state index in [0.29, 0.717) is 38.3 Å². The minimum absolute atomic E-state index is 0.0681. The van der Waals surface area contributed by atoms with Crippen LogP contribution in [0.1, 0.15) is 34.5 Å². The summed E-state index contributed by atoms with van der Waals surface area (Å²) in [5, 5.41) is 3.04. The van der Waals surface area contributed by atoms with Gasteiger partial charge in [0.05, 0.1) is 12.3 Å². The van der Waals surface area contributed by atoms with Gasteiger partial charge in [-0.1, -0.05) is 42.5 Å². The Morgan fingerprint density at radius 3 is 2.36 bits per heavy atom. The second kappa shape index (κ2) is 8.86. The van der Waals surface area contributed by atoms with Crippen LogP contribution in [0.3, 0.4) is 0 Å². The third-order valence-corrected chi connectivity index (χ3v) is 6.35. The highest BCUT2D eigenvalue weighted by molar-refractivity contribution is 7.88. The molecule has 1 N–H and O–H groups in total. The molecule has 1 fully saturated rings. The maximum Gasteiger partial charge on any atom is 0.251 e. The number of carbonyl (C=O) groups excluding carboxylic acids is 1. The molecular formula is C21H27N3O3S. The Morgan fingerprint density at radius 2 is 1.71 bits per heavy atom. The van der Waals surface area contributed by atoms with Crippen molar-refractivity contribution in [3.63, 3.8) is 0 Å². The molecule has 0 saturated carbocycles. The zero-order valence-corrected chi connectivity index (χ0v) is 17.2. The molecule has 1 atom stereocenters. The highest BCUT2D eigenvalue weighted by Gasteiger charge is 2.23. The Morgan fingerprint density at radius 1 is 1.04 bits per heavy atom. The summed E-state index contributed by atoms with van der Waals surface area (Å²) in [4.78, 5) is 14.8. The van der Waals surface area contributed by atoms with Crippen molar-refractivity contribution in [3.8, 4) is 0 Å². The van der Waals surface area contributed by atoms with Gasteiger partial charge >= 0.3 is 0 Å². The molecule has 0 spiro atoms. The third kappa shape index (κ3) is 5.41. The molecule has 0 aromatic heterocycles. The first kappa shape index (κ1) is 20.5. The maximum atomic E-state index is 12.6. The first-order valence-corrected chi connectivity index (χ1v) is 11.3. The SMILES string of the molecule is CC(NC(=O)c1cccc(CN2CCN(S(C)(=O)=O)CC2)c1)c1ccccc1. The van der Waals surface area contributed by atoms with Crippen molar-refractivity contribution in [2.75, 3.05) is 32.4 Å². The van der Waals surface area contributed by atoms with Crippen LogP contribution in [0.15, 0.2) is 54.6 Å². The Balaban J connectivity index is 1.59. The second-order valence-electron chi connectivity index (χ2n) is 7.24. The lowest BCUT2D eigenvalue weighted by molar-refractivity contribution is 0.0939. The fraction of sp³-hybridized carbons (Fsp3) is 0.381. The van der Waals surface area contributed by atoms with Crippen LogP contribution in [-0.4, -0.2) is 56.0 Å². The number of carbonyl (C=O) groups is 1. The second-order valence-corrected chi connectivity index (χ2v) is 9.23. The van der Waals surface area contributed by atoms with E-state index in [1.807, 2.05) is 61.5 Å². The minimum Gasteiger partial charge on any atom is -0.346 e. The smallest absolute Gasteiger partial charge is 0.251 e. The van der Waals surface area contributed by atoms with Gasteiger partial charge in [0.15, 0.2) is 0 Å². The number of benzene rings is 2. The maximum absolute atomic E-state index is 12.6. The molecule has 1 aliphatic heterocycles. The summed E-state index contributed by atoms with van der Waals surface area (Å²) in [5.41, 5.74) is 2.75. The molecule has 1 aliphatic rings. The van der Waals surface area contributed by atoms with Gasteiger partial charge in [-0.2, -0.15) is 4.31 Å². The van der Waals surface area contributed by atoms with Gasteiger partial charge in [0.25, 0.3) is 5.91 Å². The minimum atomic E-state index is -3.12. The summed E-state index contributed by atoms with van der Waals surface area (Å²) in [7, 11) is -3.12. The van der Waals surface area contributed by atoms with Gasteiger partial charge in [-0.25, -0.2) is 8.42 Å². The van der Waals surface area contributed by atoms with Crippen LogP contribution in [0.5, 0.6) is 0 Å². The molecule has 2 aromatic carbocycles. The molecule has 2 aromatic rings. The summed E-state index contributed by atoms with van der Waals surface area (Å²) in [6.45, 7) is 5.07. The Bertz CT molecular complexity index is 908. The molecule has 150 valence electrons. The Labute approximate surface area is 167 Å². The standard InChI is InChI=1S/C21H27N3O3S/c1-17(19-8-4-3-5-9-19)22-21(25)20-10-6-7-18(15-20)16-23-11-13-24(14-12-23)28(2,26)27/h3-10,15,17H,11-14,16H2,1-2H3,(H,22,25). The number of nitrogens with zero attached hydrogens (tertiary/aromatic N) is 2. The first-order chi connectivity index (χ1) is 13.3. The van der Waals surface area contributed by atoms with Crippen LogP contribution >= 0.6 is 0 Å². The van der Waals surface area contributed by atoms with E-state index >= 15 is 0 Å². The van der Waals surface area contributed by atoms with Crippen molar-refractivity contribution in [1.82, 2.24) is 14.5 Å².